The van der Waals surface area contributed by atoms with Gasteiger partial charge in [0.2, 0.25) is 0 Å². The van der Waals surface area contributed by atoms with Crippen LogP contribution in [0.1, 0.15) is 44.4 Å². The second-order valence-electron chi connectivity index (χ2n) is 8.98. The van der Waals surface area contributed by atoms with E-state index < -0.39 is 0 Å². The van der Waals surface area contributed by atoms with Crippen LogP contribution in [-0.4, -0.2) is 41.8 Å². The van der Waals surface area contributed by atoms with Gasteiger partial charge in [-0.3, -0.25) is 9.69 Å². The van der Waals surface area contributed by atoms with Crippen molar-refractivity contribution in [2.75, 3.05) is 31.1 Å². The summed E-state index contributed by atoms with van der Waals surface area (Å²) >= 11 is 0. The number of piperidine rings is 2. The summed E-state index contributed by atoms with van der Waals surface area (Å²) in [4.78, 5) is 22.7. The minimum absolute atomic E-state index is 0.243. The molecule has 0 bridgehead atoms. The van der Waals surface area contributed by atoms with Crippen LogP contribution in [0.15, 0.2) is 54.1 Å². The number of likely N-dealkylation sites (tertiary alicyclic amines) is 1. The van der Waals surface area contributed by atoms with Gasteiger partial charge in [-0.1, -0.05) is 50.2 Å². The first-order valence-electron chi connectivity index (χ1n) is 10.7. The molecule has 1 aromatic heterocycles. The average molecular weight is 390 g/mol. The van der Waals surface area contributed by atoms with E-state index in [1.54, 1.807) is 0 Å². The van der Waals surface area contributed by atoms with E-state index in [1.165, 1.54) is 24.8 Å². The van der Waals surface area contributed by atoms with Crippen LogP contribution in [-0.2, 0) is 11.3 Å². The Labute approximate surface area is 174 Å². The maximum Gasteiger partial charge on any atom is 0.167 e. The molecule has 3 heterocycles. The van der Waals surface area contributed by atoms with Crippen LogP contribution in [0.25, 0.3) is 6.08 Å². The topological polar surface area (TPSA) is 36.4 Å². The molecule has 2 saturated heterocycles. The van der Waals surface area contributed by atoms with Gasteiger partial charge < -0.3 is 4.90 Å². The Bertz CT molecular complexity index is 882. The third kappa shape index (κ3) is 4.76. The van der Waals surface area contributed by atoms with Gasteiger partial charge in [-0.25, -0.2) is 4.98 Å². The molecule has 4 rings (SSSR count). The Morgan fingerprint density at radius 3 is 2.52 bits per heavy atom. The number of pyridine rings is 1. The second-order valence-corrected chi connectivity index (χ2v) is 8.98. The number of aromatic nitrogens is 1. The fourth-order valence-electron chi connectivity index (χ4n) is 4.50. The zero-order chi connectivity index (χ0) is 20.3. The molecule has 0 aliphatic carbocycles. The van der Waals surface area contributed by atoms with E-state index in [1.807, 2.05) is 18.2 Å². The van der Waals surface area contributed by atoms with E-state index in [0.29, 0.717) is 6.54 Å². The van der Waals surface area contributed by atoms with Gasteiger partial charge in [0.05, 0.1) is 5.69 Å². The summed E-state index contributed by atoms with van der Waals surface area (Å²) in [6.07, 6.45) is 5.78. The highest BCUT2D eigenvalue weighted by Crippen LogP contribution is 2.30. The molecule has 2 fully saturated rings. The predicted molar refractivity (Wildman–Crippen MR) is 119 cm³/mol. The number of hydrogen-bond acceptors (Lipinski definition) is 4. The zero-order valence-electron chi connectivity index (χ0n) is 17.6. The van der Waals surface area contributed by atoms with E-state index >= 15 is 0 Å². The van der Waals surface area contributed by atoms with Crippen LogP contribution >= 0.6 is 0 Å². The standard InChI is InChI=1S/C25H31N3O/c1-25(2)19-27(17-20-10-5-3-6-11-20)18-21(24(25)29)16-22-12-9-13-23(26-22)28-14-7-4-8-15-28/h3,5-6,9-13,16H,4,7-8,14-15,17-19H2,1-2H3. The number of carbonyl (C=O) groups excluding carboxylic acids is 1. The SMILES string of the molecule is CC1(C)CN(Cc2ccccc2)CC(=Cc2cccc(N3CCCCC3)n2)C1=O. The number of hydrogen-bond donors (Lipinski definition) is 0. The summed E-state index contributed by atoms with van der Waals surface area (Å²) in [7, 11) is 0. The highest BCUT2D eigenvalue weighted by atomic mass is 16.1. The largest absolute Gasteiger partial charge is 0.357 e. The molecule has 0 atom stereocenters. The number of nitrogens with zero attached hydrogens (tertiary/aromatic N) is 3. The van der Waals surface area contributed by atoms with Crippen molar-refractivity contribution < 1.29 is 4.79 Å². The maximum atomic E-state index is 13.1. The van der Waals surface area contributed by atoms with E-state index in [4.69, 9.17) is 4.98 Å². The fraction of sp³-hybridized carbons (Fsp3) is 0.440. The highest BCUT2D eigenvalue weighted by molar-refractivity contribution is 6.04. The third-order valence-electron chi connectivity index (χ3n) is 5.93. The van der Waals surface area contributed by atoms with Crippen molar-refractivity contribution in [2.45, 2.75) is 39.7 Å². The molecule has 4 nitrogen and oxygen atoms in total. The molecule has 0 radical (unpaired) electrons. The molecule has 152 valence electrons. The molecule has 0 saturated carbocycles. The van der Waals surface area contributed by atoms with Crippen molar-refractivity contribution in [2.24, 2.45) is 5.41 Å². The van der Waals surface area contributed by atoms with Crippen LogP contribution in [0.5, 0.6) is 0 Å². The average Bonchev–Trinajstić information content (AvgIpc) is 2.73. The van der Waals surface area contributed by atoms with E-state index in [9.17, 15) is 4.79 Å². The molecule has 29 heavy (non-hydrogen) atoms. The first-order chi connectivity index (χ1) is 14.0. The van der Waals surface area contributed by atoms with Gasteiger partial charge >= 0.3 is 0 Å². The van der Waals surface area contributed by atoms with Crippen molar-refractivity contribution in [1.82, 2.24) is 9.88 Å². The van der Waals surface area contributed by atoms with Gasteiger partial charge in [-0.05, 0) is 43.0 Å². The zero-order valence-corrected chi connectivity index (χ0v) is 17.6. The third-order valence-corrected chi connectivity index (χ3v) is 5.93. The van der Waals surface area contributed by atoms with Crippen molar-refractivity contribution in [1.29, 1.82) is 0 Å². The summed E-state index contributed by atoms with van der Waals surface area (Å²) in [6, 6.07) is 16.6. The first kappa shape index (κ1) is 19.8. The fourth-order valence-corrected chi connectivity index (χ4v) is 4.50. The molecule has 0 amide bonds. The van der Waals surface area contributed by atoms with Crippen molar-refractivity contribution in [3.63, 3.8) is 0 Å². The molecule has 2 aliphatic rings. The summed E-state index contributed by atoms with van der Waals surface area (Å²) in [5.41, 5.74) is 2.64. The van der Waals surface area contributed by atoms with Crippen LogP contribution in [0.4, 0.5) is 5.82 Å². The summed E-state index contributed by atoms with van der Waals surface area (Å²) in [6.45, 7) is 8.56. The number of ketones is 1. The number of benzene rings is 1. The van der Waals surface area contributed by atoms with Crippen molar-refractivity contribution in [3.8, 4) is 0 Å². The lowest BCUT2D eigenvalue weighted by atomic mass is 9.79. The first-order valence-corrected chi connectivity index (χ1v) is 10.7. The lowest BCUT2D eigenvalue weighted by Crippen LogP contribution is -2.47. The Morgan fingerprint density at radius 1 is 1.00 bits per heavy atom. The smallest absolute Gasteiger partial charge is 0.167 e. The Kier molecular flexibility index (Phi) is 5.81. The van der Waals surface area contributed by atoms with E-state index in [2.05, 4.69) is 60.0 Å². The van der Waals surface area contributed by atoms with Gasteiger partial charge in [0.15, 0.2) is 5.78 Å². The van der Waals surface area contributed by atoms with Crippen molar-refractivity contribution in [3.05, 3.63) is 65.4 Å². The van der Waals surface area contributed by atoms with Gasteiger partial charge in [-0.2, -0.15) is 0 Å². The second kappa shape index (κ2) is 8.50. The Hall–Kier alpha value is -2.46. The molecule has 4 heteroatoms. The highest BCUT2D eigenvalue weighted by Gasteiger charge is 2.37. The summed E-state index contributed by atoms with van der Waals surface area (Å²) in [5, 5.41) is 0. The van der Waals surface area contributed by atoms with Gasteiger partial charge in [0, 0.05) is 43.7 Å². The number of carbonyl (C=O) groups is 1. The number of anilines is 1. The lowest BCUT2D eigenvalue weighted by molar-refractivity contribution is -0.126. The number of rotatable bonds is 4. The van der Waals surface area contributed by atoms with Crippen LogP contribution in [0, 0.1) is 5.41 Å². The van der Waals surface area contributed by atoms with E-state index in [0.717, 1.165) is 43.3 Å². The monoisotopic (exact) mass is 389 g/mol. The van der Waals surface area contributed by atoms with Crippen LogP contribution < -0.4 is 4.90 Å². The predicted octanol–water partition coefficient (Wildman–Crippen LogP) is 4.57. The minimum Gasteiger partial charge on any atom is -0.357 e. The summed E-state index contributed by atoms with van der Waals surface area (Å²) < 4.78 is 0. The normalized spacial score (nSPS) is 21.5. The van der Waals surface area contributed by atoms with E-state index in [-0.39, 0.29) is 11.2 Å². The van der Waals surface area contributed by atoms with Crippen LogP contribution in [0.2, 0.25) is 0 Å². The minimum atomic E-state index is -0.386. The van der Waals surface area contributed by atoms with Crippen LogP contribution in [0.3, 0.4) is 0 Å². The van der Waals surface area contributed by atoms with Gasteiger partial charge in [0.25, 0.3) is 0 Å². The van der Waals surface area contributed by atoms with Gasteiger partial charge in [-0.15, -0.1) is 0 Å². The molecule has 2 aromatic rings. The lowest BCUT2D eigenvalue weighted by Gasteiger charge is -2.38. The molecular weight excluding hydrogens is 358 g/mol. The molecule has 0 spiro atoms. The molecule has 0 unspecified atom stereocenters. The Balaban J connectivity index is 1.56. The maximum absolute atomic E-state index is 13.1. The quantitative estimate of drug-likeness (QED) is 0.718. The van der Waals surface area contributed by atoms with Crippen molar-refractivity contribution >= 4 is 17.7 Å². The molecule has 0 N–H and O–H groups in total. The molecule has 1 aromatic carbocycles. The molecular formula is C25H31N3O. The summed E-state index contributed by atoms with van der Waals surface area (Å²) in [5.74, 6) is 1.27. The van der Waals surface area contributed by atoms with Gasteiger partial charge in [0.1, 0.15) is 5.82 Å². The Morgan fingerprint density at radius 2 is 1.76 bits per heavy atom. The molecule has 2 aliphatic heterocycles. The number of Topliss-reactive ketones (excluding diaryl/α,β-unsaturated/α-hetero) is 1.